The molecule has 5 nitrogen and oxygen atoms in total. The molecule has 1 heterocycles. The molecule has 1 aromatic heterocycles. The van der Waals surface area contributed by atoms with Crippen molar-refractivity contribution in [3.8, 4) is 0 Å². The number of carbonyl (C=O) groups is 1. The number of nitrogens with one attached hydrogen (secondary N) is 2. The molecule has 0 saturated carbocycles. The van der Waals surface area contributed by atoms with Crippen LogP contribution in [-0.2, 0) is 0 Å². The summed E-state index contributed by atoms with van der Waals surface area (Å²) in [5.74, 6) is -0.482. The number of aromatic nitrogens is 2. The molecule has 2 rings (SSSR count). The molecular weight excluding hydrogens is 242 g/mol. The number of para-hydroxylation sites is 1. The topological polar surface area (TPSA) is 74.8 Å². The molecule has 0 radical (unpaired) electrons. The van der Waals surface area contributed by atoms with Crippen molar-refractivity contribution in [3.05, 3.63) is 57.7 Å². The second-order valence-electron chi connectivity index (χ2n) is 3.23. The molecule has 2 N–H and O–H groups in total. The zero-order valence-corrected chi connectivity index (χ0v) is 9.36. The second-order valence-corrected chi connectivity index (χ2v) is 3.64. The molecule has 17 heavy (non-hydrogen) atoms. The lowest BCUT2D eigenvalue weighted by Crippen LogP contribution is -2.17. The predicted molar refractivity (Wildman–Crippen MR) is 64.3 cm³/mol. The van der Waals surface area contributed by atoms with E-state index in [2.05, 4.69) is 15.3 Å². The van der Waals surface area contributed by atoms with E-state index in [4.69, 9.17) is 11.6 Å². The molecule has 2 aromatic rings. The van der Waals surface area contributed by atoms with Gasteiger partial charge in [-0.1, -0.05) is 23.7 Å². The van der Waals surface area contributed by atoms with Crippen LogP contribution in [0.2, 0.25) is 5.02 Å². The lowest BCUT2D eigenvalue weighted by Gasteiger charge is -2.05. The van der Waals surface area contributed by atoms with Crippen LogP contribution in [0.25, 0.3) is 0 Å². The Morgan fingerprint density at radius 3 is 2.82 bits per heavy atom. The minimum absolute atomic E-state index is 0.0358. The summed E-state index contributed by atoms with van der Waals surface area (Å²) in [6.07, 6.45) is 1.17. The number of H-pyrrole nitrogens is 1. The molecule has 0 unspecified atom stereocenters. The third-order valence-corrected chi connectivity index (χ3v) is 2.36. The lowest BCUT2D eigenvalue weighted by atomic mass is 10.3. The number of amides is 1. The minimum Gasteiger partial charge on any atom is -0.319 e. The molecule has 0 aliphatic carbocycles. The maximum atomic E-state index is 11.7. The van der Waals surface area contributed by atoms with Gasteiger partial charge in [0.1, 0.15) is 5.69 Å². The number of rotatable bonds is 2. The van der Waals surface area contributed by atoms with Crippen molar-refractivity contribution in [3.63, 3.8) is 0 Å². The Hall–Kier alpha value is -2.14. The summed E-state index contributed by atoms with van der Waals surface area (Å²) in [6.45, 7) is 0. The van der Waals surface area contributed by atoms with Crippen LogP contribution in [0.3, 0.4) is 0 Å². The van der Waals surface area contributed by atoms with Gasteiger partial charge in [-0.05, 0) is 12.1 Å². The van der Waals surface area contributed by atoms with Crippen molar-refractivity contribution < 1.29 is 4.79 Å². The van der Waals surface area contributed by atoms with Gasteiger partial charge in [0, 0.05) is 6.07 Å². The van der Waals surface area contributed by atoms with Gasteiger partial charge in [-0.2, -0.15) is 0 Å². The molecule has 86 valence electrons. The van der Waals surface area contributed by atoms with E-state index in [1.807, 2.05) is 0 Å². The third-order valence-electron chi connectivity index (χ3n) is 2.03. The van der Waals surface area contributed by atoms with E-state index in [0.29, 0.717) is 10.7 Å². The van der Waals surface area contributed by atoms with E-state index < -0.39 is 5.91 Å². The molecule has 0 bridgehead atoms. The fourth-order valence-corrected chi connectivity index (χ4v) is 1.42. The van der Waals surface area contributed by atoms with Crippen molar-refractivity contribution in [2.45, 2.75) is 0 Å². The van der Waals surface area contributed by atoms with Gasteiger partial charge >= 0.3 is 0 Å². The number of carbonyl (C=O) groups excluding carboxylic acids is 1. The van der Waals surface area contributed by atoms with Crippen LogP contribution in [0.5, 0.6) is 0 Å². The Morgan fingerprint density at radius 1 is 1.35 bits per heavy atom. The number of anilines is 1. The summed E-state index contributed by atoms with van der Waals surface area (Å²) in [7, 11) is 0. The first-order valence-corrected chi connectivity index (χ1v) is 5.15. The monoisotopic (exact) mass is 249 g/mol. The van der Waals surface area contributed by atoms with Gasteiger partial charge in [0.15, 0.2) is 0 Å². The van der Waals surface area contributed by atoms with Crippen molar-refractivity contribution in [1.82, 2.24) is 9.97 Å². The molecule has 0 fully saturated rings. The molecule has 1 aromatic carbocycles. The molecule has 1 amide bonds. The van der Waals surface area contributed by atoms with Gasteiger partial charge in [-0.3, -0.25) is 9.59 Å². The number of benzene rings is 1. The van der Waals surface area contributed by atoms with Crippen LogP contribution in [-0.4, -0.2) is 15.9 Å². The number of aromatic amines is 1. The SMILES string of the molecule is O=C(Nc1ccccc1Cl)c1cc(=O)[nH]cn1. The first-order chi connectivity index (χ1) is 8.16. The molecule has 0 aliphatic rings. The van der Waals surface area contributed by atoms with Crippen molar-refractivity contribution >= 4 is 23.2 Å². The quantitative estimate of drug-likeness (QED) is 0.850. The van der Waals surface area contributed by atoms with Gasteiger partial charge in [-0.25, -0.2) is 4.98 Å². The smallest absolute Gasteiger partial charge is 0.274 e. The largest absolute Gasteiger partial charge is 0.319 e. The standard InChI is InChI=1S/C11H8ClN3O2/c12-7-3-1-2-4-8(7)15-11(17)9-5-10(16)14-6-13-9/h1-6H,(H,15,17)(H,13,14,16). The maximum absolute atomic E-state index is 11.7. The molecule has 0 aliphatic heterocycles. The van der Waals surface area contributed by atoms with Crippen LogP contribution in [0.15, 0.2) is 41.5 Å². The normalized spacial score (nSPS) is 9.94. The van der Waals surface area contributed by atoms with Crippen LogP contribution in [0, 0.1) is 0 Å². The first-order valence-electron chi connectivity index (χ1n) is 4.77. The fraction of sp³-hybridized carbons (Fsp3) is 0. The Labute approximate surface area is 101 Å². The van der Waals surface area contributed by atoms with Crippen molar-refractivity contribution in [2.24, 2.45) is 0 Å². The second kappa shape index (κ2) is 4.80. The zero-order valence-electron chi connectivity index (χ0n) is 8.61. The number of nitrogens with zero attached hydrogens (tertiary/aromatic N) is 1. The van der Waals surface area contributed by atoms with Gasteiger partial charge in [0.2, 0.25) is 0 Å². The molecular formula is C11H8ClN3O2. The van der Waals surface area contributed by atoms with E-state index in [9.17, 15) is 9.59 Å². The zero-order chi connectivity index (χ0) is 12.3. The summed E-state index contributed by atoms with van der Waals surface area (Å²) in [4.78, 5) is 28.8. The van der Waals surface area contributed by atoms with Crippen LogP contribution in [0.1, 0.15) is 10.5 Å². The Balaban J connectivity index is 2.23. The summed E-state index contributed by atoms with van der Waals surface area (Å²) >= 11 is 5.88. The Kier molecular flexibility index (Phi) is 3.20. The highest BCUT2D eigenvalue weighted by molar-refractivity contribution is 6.33. The summed E-state index contributed by atoms with van der Waals surface area (Å²) in [5, 5.41) is 2.99. The van der Waals surface area contributed by atoms with Crippen molar-refractivity contribution in [1.29, 1.82) is 0 Å². The minimum atomic E-state index is -0.482. The molecule has 0 atom stereocenters. The third kappa shape index (κ3) is 2.70. The van der Waals surface area contributed by atoms with Gasteiger partial charge in [-0.15, -0.1) is 0 Å². The molecule has 0 saturated heterocycles. The summed E-state index contributed by atoms with van der Waals surface area (Å²) in [6, 6.07) is 7.93. The number of hydrogen-bond acceptors (Lipinski definition) is 3. The van der Waals surface area contributed by atoms with Gasteiger partial charge in [0.25, 0.3) is 11.5 Å². The Morgan fingerprint density at radius 2 is 2.12 bits per heavy atom. The van der Waals surface area contributed by atoms with E-state index in [0.717, 1.165) is 6.07 Å². The average Bonchev–Trinajstić information content (AvgIpc) is 2.32. The summed E-state index contributed by atoms with van der Waals surface area (Å²) in [5.41, 5.74) is 0.124. The number of halogens is 1. The Bertz CT molecular complexity index is 609. The highest BCUT2D eigenvalue weighted by Gasteiger charge is 2.09. The maximum Gasteiger partial charge on any atom is 0.274 e. The van der Waals surface area contributed by atoms with Crippen LogP contribution in [0.4, 0.5) is 5.69 Å². The van der Waals surface area contributed by atoms with Crippen LogP contribution < -0.4 is 10.9 Å². The van der Waals surface area contributed by atoms with Gasteiger partial charge in [0.05, 0.1) is 17.0 Å². The van der Waals surface area contributed by atoms with E-state index in [1.165, 1.54) is 6.33 Å². The highest BCUT2D eigenvalue weighted by Crippen LogP contribution is 2.20. The first kappa shape index (κ1) is 11.3. The lowest BCUT2D eigenvalue weighted by molar-refractivity contribution is 0.102. The van der Waals surface area contributed by atoms with E-state index in [-0.39, 0.29) is 11.3 Å². The molecule has 6 heteroatoms. The average molecular weight is 250 g/mol. The molecule has 0 spiro atoms. The van der Waals surface area contributed by atoms with Crippen molar-refractivity contribution in [2.75, 3.05) is 5.32 Å². The van der Waals surface area contributed by atoms with E-state index >= 15 is 0 Å². The predicted octanol–water partition coefficient (Wildman–Crippen LogP) is 1.68. The van der Waals surface area contributed by atoms with Crippen LogP contribution >= 0.6 is 11.6 Å². The summed E-state index contributed by atoms with van der Waals surface area (Å²) < 4.78 is 0. The number of hydrogen-bond donors (Lipinski definition) is 2. The van der Waals surface area contributed by atoms with Gasteiger partial charge < -0.3 is 10.3 Å². The highest BCUT2D eigenvalue weighted by atomic mass is 35.5. The fourth-order valence-electron chi connectivity index (χ4n) is 1.24. The van der Waals surface area contributed by atoms with E-state index in [1.54, 1.807) is 24.3 Å².